The number of fused-ring (bicyclic) bond motifs is 1. The molecule has 30 heavy (non-hydrogen) atoms. The standard InChI is InChI=1S/C22H23FN2O5/c1-3-29-22(28)19-18-14(8-9-25-21(27)12(2)24)10-16(26)11-17(18)30-20(19)13-4-6-15(23)7-5-13/h4-7,10-12,26H,3,8-9,24H2,1-2H3,(H,25,27). The number of esters is 1. The van der Waals surface area contributed by atoms with Crippen LogP contribution >= 0.6 is 0 Å². The molecule has 0 radical (unpaired) electrons. The lowest BCUT2D eigenvalue weighted by molar-refractivity contribution is -0.121. The van der Waals surface area contributed by atoms with Crippen LogP contribution in [0, 0.1) is 5.82 Å². The summed E-state index contributed by atoms with van der Waals surface area (Å²) in [5.74, 6) is -1.16. The van der Waals surface area contributed by atoms with E-state index < -0.39 is 17.8 Å². The minimum Gasteiger partial charge on any atom is -0.508 e. The minimum atomic E-state index is -0.650. The zero-order chi connectivity index (χ0) is 21.8. The first-order chi connectivity index (χ1) is 14.3. The van der Waals surface area contributed by atoms with Gasteiger partial charge in [0.05, 0.1) is 12.6 Å². The highest BCUT2D eigenvalue weighted by Gasteiger charge is 2.26. The Hall–Kier alpha value is -3.39. The number of halogens is 1. The average Bonchev–Trinajstić information content (AvgIpc) is 3.07. The van der Waals surface area contributed by atoms with Gasteiger partial charge in [0, 0.05) is 23.6 Å². The maximum absolute atomic E-state index is 13.4. The summed E-state index contributed by atoms with van der Waals surface area (Å²) in [6.07, 6.45) is 0.318. The van der Waals surface area contributed by atoms with Crippen molar-refractivity contribution >= 4 is 22.8 Å². The van der Waals surface area contributed by atoms with Crippen molar-refractivity contribution in [2.24, 2.45) is 5.73 Å². The van der Waals surface area contributed by atoms with Crippen LogP contribution in [0.1, 0.15) is 29.8 Å². The van der Waals surface area contributed by atoms with Crippen molar-refractivity contribution in [3.63, 3.8) is 0 Å². The number of furan rings is 1. The summed E-state index contributed by atoms with van der Waals surface area (Å²) >= 11 is 0. The van der Waals surface area contributed by atoms with E-state index in [2.05, 4.69) is 5.32 Å². The number of aromatic hydroxyl groups is 1. The second kappa shape index (κ2) is 8.96. The summed E-state index contributed by atoms with van der Waals surface area (Å²) < 4.78 is 24.5. The number of hydrogen-bond donors (Lipinski definition) is 3. The van der Waals surface area contributed by atoms with Crippen molar-refractivity contribution in [1.29, 1.82) is 0 Å². The molecule has 3 aromatic rings. The quantitative estimate of drug-likeness (QED) is 0.512. The van der Waals surface area contributed by atoms with Crippen LogP contribution in [-0.2, 0) is 16.0 Å². The number of rotatable bonds is 7. The first-order valence-corrected chi connectivity index (χ1v) is 9.56. The van der Waals surface area contributed by atoms with Crippen LogP contribution in [-0.4, -0.2) is 36.2 Å². The van der Waals surface area contributed by atoms with Crippen molar-refractivity contribution in [1.82, 2.24) is 5.32 Å². The van der Waals surface area contributed by atoms with E-state index in [1.165, 1.54) is 36.4 Å². The molecule has 1 atom stereocenters. The zero-order valence-corrected chi connectivity index (χ0v) is 16.7. The Bertz CT molecular complexity index is 1070. The molecular formula is C22H23FN2O5. The number of carbonyl (C=O) groups is 2. The van der Waals surface area contributed by atoms with E-state index in [0.29, 0.717) is 22.9 Å². The second-order valence-electron chi connectivity index (χ2n) is 6.84. The first kappa shape index (κ1) is 21.3. The van der Waals surface area contributed by atoms with E-state index >= 15 is 0 Å². The van der Waals surface area contributed by atoms with E-state index in [-0.39, 0.29) is 41.7 Å². The lowest BCUT2D eigenvalue weighted by Gasteiger charge is -2.10. The molecule has 0 saturated carbocycles. The summed E-state index contributed by atoms with van der Waals surface area (Å²) in [4.78, 5) is 24.5. The maximum Gasteiger partial charge on any atom is 0.342 e. The molecule has 2 aromatic carbocycles. The van der Waals surface area contributed by atoms with Gasteiger partial charge in [0.15, 0.2) is 0 Å². The van der Waals surface area contributed by atoms with Crippen molar-refractivity contribution in [2.45, 2.75) is 26.3 Å². The van der Waals surface area contributed by atoms with E-state index in [4.69, 9.17) is 14.9 Å². The van der Waals surface area contributed by atoms with Gasteiger partial charge in [0.25, 0.3) is 0 Å². The highest BCUT2D eigenvalue weighted by Crippen LogP contribution is 2.38. The van der Waals surface area contributed by atoms with Crippen molar-refractivity contribution < 1.29 is 28.2 Å². The topological polar surface area (TPSA) is 115 Å². The molecule has 1 heterocycles. The molecule has 1 amide bonds. The van der Waals surface area contributed by atoms with Crippen LogP contribution in [0.2, 0.25) is 0 Å². The second-order valence-corrected chi connectivity index (χ2v) is 6.84. The van der Waals surface area contributed by atoms with Crippen molar-refractivity contribution in [3.8, 4) is 17.1 Å². The van der Waals surface area contributed by atoms with Gasteiger partial charge in [-0.2, -0.15) is 0 Å². The van der Waals surface area contributed by atoms with Gasteiger partial charge in [0.2, 0.25) is 5.91 Å². The van der Waals surface area contributed by atoms with Crippen molar-refractivity contribution in [2.75, 3.05) is 13.2 Å². The monoisotopic (exact) mass is 414 g/mol. The lowest BCUT2D eigenvalue weighted by Crippen LogP contribution is -2.39. The fourth-order valence-electron chi connectivity index (χ4n) is 3.18. The molecule has 0 spiro atoms. The molecule has 0 aliphatic rings. The summed E-state index contributed by atoms with van der Waals surface area (Å²) in [5.41, 5.74) is 7.11. The summed E-state index contributed by atoms with van der Waals surface area (Å²) in [6, 6.07) is 7.78. The summed E-state index contributed by atoms with van der Waals surface area (Å²) in [7, 11) is 0. The third-order valence-electron chi connectivity index (χ3n) is 4.55. The zero-order valence-electron chi connectivity index (χ0n) is 16.7. The summed E-state index contributed by atoms with van der Waals surface area (Å²) in [5, 5.41) is 13.3. The Balaban J connectivity index is 2.11. The largest absolute Gasteiger partial charge is 0.508 e. The minimum absolute atomic E-state index is 0.0502. The van der Waals surface area contributed by atoms with Gasteiger partial charge in [-0.15, -0.1) is 0 Å². The molecule has 0 aliphatic carbocycles. The smallest absolute Gasteiger partial charge is 0.342 e. The molecule has 0 bridgehead atoms. The van der Waals surface area contributed by atoms with E-state index in [1.807, 2.05) is 0 Å². The number of hydrogen-bond acceptors (Lipinski definition) is 6. The number of benzene rings is 2. The van der Waals surface area contributed by atoms with Gasteiger partial charge in [-0.25, -0.2) is 9.18 Å². The third kappa shape index (κ3) is 4.44. The van der Waals surface area contributed by atoms with Gasteiger partial charge in [-0.3, -0.25) is 4.79 Å². The Morgan fingerprint density at radius 2 is 1.97 bits per heavy atom. The fourth-order valence-corrected chi connectivity index (χ4v) is 3.18. The SMILES string of the molecule is CCOC(=O)c1c(-c2ccc(F)cc2)oc2cc(O)cc(CCNC(=O)C(C)N)c12. The van der Waals surface area contributed by atoms with Crippen LogP contribution in [0.4, 0.5) is 4.39 Å². The normalized spacial score (nSPS) is 12.0. The molecule has 1 unspecified atom stereocenters. The molecule has 0 aliphatic heterocycles. The predicted molar refractivity (Wildman–Crippen MR) is 110 cm³/mol. The Morgan fingerprint density at radius 3 is 2.60 bits per heavy atom. The van der Waals surface area contributed by atoms with E-state index in [0.717, 1.165) is 0 Å². The third-order valence-corrected chi connectivity index (χ3v) is 4.55. The van der Waals surface area contributed by atoms with Gasteiger partial charge in [-0.1, -0.05) is 0 Å². The van der Waals surface area contributed by atoms with Crippen LogP contribution < -0.4 is 11.1 Å². The fraction of sp³-hybridized carbons (Fsp3) is 0.273. The van der Waals surface area contributed by atoms with Gasteiger partial charge >= 0.3 is 5.97 Å². The lowest BCUT2D eigenvalue weighted by atomic mass is 9.99. The Kier molecular flexibility index (Phi) is 6.37. The number of phenols is 1. The Labute approximate surface area is 172 Å². The molecule has 158 valence electrons. The van der Waals surface area contributed by atoms with Crippen LogP contribution in [0.25, 0.3) is 22.3 Å². The van der Waals surface area contributed by atoms with Gasteiger partial charge < -0.3 is 25.3 Å². The first-order valence-electron chi connectivity index (χ1n) is 9.56. The number of phenolic OH excluding ortho intramolecular Hbond substituents is 1. The molecule has 1 aromatic heterocycles. The van der Waals surface area contributed by atoms with Gasteiger partial charge in [0.1, 0.15) is 28.5 Å². The number of nitrogens with two attached hydrogens (primary N) is 1. The number of nitrogens with one attached hydrogen (secondary N) is 1. The van der Waals surface area contributed by atoms with Crippen LogP contribution in [0.15, 0.2) is 40.8 Å². The Morgan fingerprint density at radius 1 is 1.27 bits per heavy atom. The van der Waals surface area contributed by atoms with Crippen molar-refractivity contribution in [3.05, 3.63) is 53.3 Å². The molecular weight excluding hydrogens is 391 g/mol. The molecule has 8 heteroatoms. The molecule has 0 saturated heterocycles. The van der Waals surface area contributed by atoms with Gasteiger partial charge in [-0.05, 0) is 56.2 Å². The molecule has 3 rings (SSSR count). The summed E-state index contributed by atoms with van der Waals surface area (Å²) in [6.45, 7) is 3.67. The molecule has 0 fully saturated rings. The molecule has 7 nitrogen and oxygen atoms in total. The number of amides is 1. The van der Waals surface area contributed by atoms with Crippen LogP contribution in [0.3, 0.4) is 0 Å². The predicted octanol–water partition coefficient (Wildman–Crippen LogP) is 3.13. The number of ether oxygens (including phenoxy) is 1. The molecule has 4 N–H and O–H groups in total. The number of carbonyl (C=O) groups excluding carboxylic acids is 2. The average molecular weight is 414 g/mol. The maximum atomic E-state index is 13.4. The highest BCUT2D eigenvalue weighted by atomic mass is 19.1. The highest BCUT2D eigenvalue weighted by molar-refractivity contribution is 6.10. The van der Waals surface area contributed by atoms with E-state index in [9.17, 15) is 19.1 Å². The van der Waals surface area contributed by atoms with Crippen LogP contribution in [0.5, 0.6) is 5.75 Å². The van der Waals surface area contributed by atoms with E-state index in [1.54, 1.807) is 13.8 Å².